The number of aliphatic hydroxyl groups is 1. The van der Waals surface area contributed by atoms with Gasteiger partial charge in [0.05, 0.1) is 6.10 Å². The highest BCUT2D eigenvalue weighted by atomic mass is 19.1. The largest absolute Gasteiger partial charge is 0.393 e. The average Bonchev–Trinajstić information content (AvgIpc) is 2.03. The standard InChI is InChI=1S/C9H12FNO/c1-7(12)4-5-8-3-2-6-11-9(8)10/h2-3,6-7,12H,4-5H2,1H3/t7-/m1/s1. The average molecular weight is 169 g/mol. The van der Waals surface area contributed by atoms with E-state index in [2.05, 4.69) is 4.98 Å². The Morgan fingerprint density at radius 1 is 1.67 bits per heavy atom. The summed E-state index contributed by atoms with van der Waals surface area (Å²) in [4.78, 5) is 3.51. The highest BCUT2D eigenvalue weighted by molar-refractivity contribution is 5.10. The minimum atomic E-state index is -0.432. The Kier molecular flexibility index (Phi) is 3.17. The Hall–Kier alpha value is -0.960. The topological polar surface area (TPSA) is 33.1 Å². The maximum Gasteiger partial charge on any atom is 0.216 e. The number of hydrogen-bond acceptors (Lipinski definition) is 2. The van der Waals surface area contributed by atoms with Gasteiger partial charge in [-0.3, -0.25) is 0 Å². The molecule has 0 aliphatic rings. The van der Waals surface area contributed by atoms with Crippen molar-refractivity contribution in [3.05, 3.63) is 29.8 Å². The molecular weight excluding hydrogens is 157 g/mol. The summed E-state index contributed by atoms with van der Waals surface area (Å²) in [6, 6.07) is 3.38. The van der Waals surface area contributed by atoms with Crippen LogP contribution in [0.5, 0.6) is 0 Å². The monoisotopic (exact) mass is 169 g/mol. The Morgan fingerprint density at radius 3 is 3.00 bits per heavy atom. The van der Waals surface area contributed by atoms with Crippen molar-refractivity contribution in [2.75, 3.05) is 0 Å². The molecule has 3 heteroatoms. The second-order valence-corrected chi connectivity index (χ2v) is 2.84. The first-order valence-corrected chi connectivity index (χ1v) is 3.97. The van der Waals surface area contributed by atoms with Gasteiger partial charge in [0.25, 0.3) is 0 Å². The molecule has 0 saturated heterocycles. The van der Waals surface area contributed by atoms with Crippen molar-refractivity contribution < 1.29 is 9.50 Å². The molecule has 0 spiro atoms. The van der Waals surface area contributed by atoms with Crippen LogP contribution >= 0.6 is 0 Å². The zero-order valence-electron chi connectivity index (χ0n) is 7.00. The molecule has 0 saturated carbocycles. The van der Waals surface area contributed by atoms with E-state index in [-0.39, 0.29) is 6.10 Å². The fraction of sp³-hybridized carbons (Fsp3) is 0.444. The molecule has 1 rings (SSSR count). The highest BCUT2D eigenvalue weighted by Crippen LogP contribution is 2.07. The minimum absolute atomic E-state index is 0.385. The lowest BCUT2D eigenvalue weighted by atomic mass is 10.1. The molecule has 0 aliphatic carbocycles. The molecule has 0 radical (unpaired) electrons. The van der Waals surface area contributed by atoms with E-state index in [9.17, 15) is 4.39 Å². The van der Waals surface area contributed by atoms with E-state index in [4.69, 9.17) is 5.11 Å². The summed E-state index contributed by atoms with van der Waals surface area (Å²) in [5.74, 6) is -0.432. The molecular formula is C9H12FNO. The second-order valence-electron chi connectivity index (χ2n) is 2.84. The molecule has 1 aromatic rings. The van der Waals surface area contributed by atoms with Gasteiger partial charge in [0.1, 0.15) is 0 Å². The summed E-state index contributed by atoms with van der Waals surface area (Å²) in [6.07, 6.45) is 2.14. The summed E-state index contributed by atoms with van der Waals surface area (Å²) in [5, 5.41) is 8.96. The van der Waals surface area contributed by atoms with Crippen LogP contribution in [0.4, 0.5) is 4.39 Å². The molecule has 66 valence electrons. The molecule has 0 aromatic carbocycles. The third-order valence-corrected chi connectivity index (χ3v) is 1.67. The molecule has 1 N–H and O–H groups in total. The SMILES string of the molecule is C[C@@H](O)CCc1cccnc1F. The van der Waals surface area contributed by atoms with Crippen molar-refractivity contribution in [1.29, 1.82) is 0 Å². The molecule has 2 nitrogen and oxygen atoms in total. The number of rotatable bonds is 3. The van der Waals surface area contributed by atoms with Gasteiger partial charge >= 0.3 is 0 Å². The summed E-state index contributed by atoms with van der Waals surface area (Å²) in [6.45, 7) is 1.69. The number of aliphatic hydroxyl groups excluding tert-OH is 1. The zero-order chi connectivity index (χ0) is 8.97. The number of hydrogen-bond donors (Lipinski definition) is 1. The van der Waals surface area contributed by atoms with E-state index in [0.29, 0.717) is 18.4 Å². The molecule has 1 atom stereocenters. The second kappa shape index (κ2) is 4.16. The Bertz CT molecular complexity index is 250. The van der Waals surface area contributed by atoms with E-state index in [1.165, 1.54) is 6.20 Å². The van der Waals surface area contributed by atoms with Crippen LogP contribution in [0.15, 0.2) is 18.3 Å². The Labute approximate surface area is 71.1 Å². The lowest BCUT2D eigenvalue weighted by molar-refractivity contribution is 0.184. The summed E-state index contributed by atoms with van der Waals surface area (Å²) in [5.41, 5.74) is 0.568. The van der Waals surface area contributed by atoms with Crippen LogP contribution in [0.1, 0.15) is 18.9 Å². The minimum Gasteiger partial charge on any atom is -0.393 e. The van der Waals surface area contributed by atoms with Crippen LogP contribution in [0.25, 0.3) is 0 Å². The molecule has 0 amide bonds. The van der Waals surface area contributed by atoms with E-state index in [1.54, 1.807) is 19.1 Å². The number of pyridine rings is 1. The molecule has 12 heavy (non-hydrogen) atoms. The molecule has 0 bridgehead atoms. The van der Waals surface area contributed by atoms with Crippen LogP contribution in [-0.4, -0.2) is 16.2 Å². The fourth-order valence-electron chi connectivity index (χ4n) is 0.970. The van der Waals surface area contributed by atoms with Gasteiger partial charge in [0.15, 0.2) is 0 Å². The van der Waals surface area contributed by atoms with Crippen molar-refractivity contribution in [3.63, 3.8) is 0 Å². The van der Waals surface area contributed by atoms with E-state index in [1.807, 2.05) is 0 Å². The lowest BCUT2D eigenvalue weighted by Gasteiger charge is -2.03. The summed E-state index contributed by atoms with van der Waals surface area (Å²) in [7, 11) is 0. The molecule has 0 fully saturated rings. The van der Waals surface area contributed by atoms with Gasteiger partial charge in [-0.05, 0) is 25.8 Å². The lowest BCUT2D eigenvalue weighted by Crippen LogP contribution is -2.03. The van der Waals surface area contributed by atoms with Crippen LogP contribution in [-0.2, 0) is 6.42 Å². The summed E-state index contributed by atoms with van der Waals surface area (Å²) >= 11 is 0. The predicted molar refractivity (Wildman–Crippen MR) is 44.2 cm³/mol. The van der Waals surface area contributed by atoms with Gasteiger partial charge in [-0.1, -0.05) is 6.07 Å². The van der Waals surface area contributed by atoms with Crippen LogP contribution in [0.3, 0.4) is 0 Å². The van der Waals surface area contributed by atoms with Gasteiger partial charge in [0.2, 0.25) is 5.95 Å². The predicted octanol–water partition coefficient (Wildman–Crippen LogP) is 1.53. The summed E-state index contributed by atoms with van der Waals surface area (Å²) < 4.78 is 12.8. The third kappa shape index (κ3) is 2.58. The van der Waals surface area contributed by atoms with Crippen molar-refractivity contribution >= 4 is 0 Å². The van der Waals surface area contributed by atoms with E-state index < -0.39 is 5.95 Å². The fourth-order valence-corrected chi connectivity index (χ4v) is 0.970. The number of aromatic nitrogens is 1. The first-order valence-electron chi connectivity index (χ1n) is 3.97. The Balaban J connectivity index is 2.57. The van der Waals surface area contributed by atoms with Crippen LogP contribution in [0.2, 0.25) is 0 Å². The van der Waals surface area contributed by atoms with Gasteiger partial charge in [-0.15, -0.1) is 0 Å². The van der Waals surface area contributed by atoms with Gasteiger partial charge in [-0.25, -0.2) is 4.98 Å². The maximum atomic E-state index is 12.8. The quantitative estimate of drug-likeness (QED) is 0.696. The maximum absolute atomic E-state index is 12.8. The number of aryl methyl sites for hydroxylation is 1. The first kappa shape index (κ1) is 9.13. The van der Waals surface area contributed by atoms with E-state index >= 15 is 0 Å². The van der Waals surface area contributed by atoms with Gasteiger partial charge < -0.3 is 5.11 Å². The molecule has 0 aliphatic heterocycles. The molecule has 0 unspecified atom stereocenters. The molecule has 1 heterocycles. The number of nitrogens with zero attached hydrogens (tertiary/aromatic N) is 1. The van der Waals surface area contributed by atoms with E-state index in [0.717, 1.165) is 0 Å². The zero-order valence-corrected chi connectivity index (χ0v) is 7.00. The van der Waals surface area contributed by atoms with Crippen molar-refractivity contribution in [2.45, 2.75) is 25.9 Å². The van der Waals surface area contributed by atoms with Crippen LogP contribution in [0, 0.1) is 5.95 Å². The van der Waals surface area contributed by atoms with Crippen molar-refractivity contribution in [3.8, 4) is 0 Å². The first-order chi connectivity index (χ1) is 5.70. The highest BCUT2D eigenvalue weighted by Gasteiger charge is 2.03. The van der Waals surface area contributed by atoms with Gasteiger partial charge in [0, 0.05) is 11.8 Å². The van der Waals surface area contributed by atoms with Crippen molar-refractivity contribution in [2.24, 2.45) is 0 Å². The van der Waals surface area contributed by atoms with Crippen LogP contribution < -0.4 is 0 Å². The number of halogens is 1. The smallest absolute Gasteiger partial charge is 0.216 e. The van der Waals surface area contributed by atoms with Gasteiger partial charge in [-0.2, -0.15) is 4.39 Å². The molecule has 1 aromatic heterocycles. The third-order valence-electron chi connectivity index (χ3n) is 1.67. The normalized spacial score (nSPS) is 12.9. The Morgan fingerprint density at radius 2 is 2.42 bits per heavy atom. The van der Waals surface area contributed by atoms with Crippen molar-refractivity contribution in [1.82, 2.24) is 4.98 Å².